The van der Waals surface area contributed by atoms with E-state index in [-0.39, 0.29) is 5.91 Å². The summed E-state index contributed by atoms with van der Waals surface area (Å²) in [4.78, 5) is 16.6. The number of pyridine rings is 1. The van der Waals surface area contributed by atoms with Crippen molar-refractivity contribution in [2.45, 2.75) is 6.54 Å². The number of nitrogen functional groups attached to an aromatic ring is 1. The number of nitrogens with one attached hydrogen (secondary N) is 1. The minimum absolute atomic E-state index is 0.128. The number of nitrogens with zero attached hydrogens (tertiary/aromatic N) is 1. The maximum absolute atomic E-state index is 12.4. The van der Waals surface area contributed by atoms with Crippen molar-refractivity contribution in [2.24, 2.45) is 0 Å². The van der Waals surface area contributed by atoms with Crippen molar-refractivity contribution < 1.29 is 4.79 Å². The highest BCUT2D eigenvalue weighted by molar-refractivity contribution is 6.06. The Morgan fingerprint density at radius 2 is 1.90 bits per heavy atom. The van der Waals surface area contributed by atoms with E-state index >= 15 is 0 Å². The fraction of sp³-hybridized carbons (Fsp3) is 0.0588. The third-order valence-electron chi connectivity index (χ3n) is 3.38. The second-order valence-corrected chi connectivity index (χ2v) is 4.76. The topological polar surface area (TPSA) is 68.0 Å². The molecule has 0 fully saturated rings. The minimum atomic E-state index is -0.128. The Labute approximate surface area is 122 Å². The molecule has 21 heavy (non-hydrogen) atoms. The molecule has 0 radical (unpaired) electrons. The molecule has 2 aromatic carbocycles. The zero-order valence-corrected chi connectivity index (χ0v) is 11.4. The summed E-state index contributed by atoms with van der Waals surface area (Å²) in [7, 11) is 0. The van der Waals surface area contributed by atoms with Crippen molar-refractivity contribution >= 4 is 22.5 Å². The number of fused-ring (bicyclic) bond motifs is 1. The van der Waals surface area contributed by atoms with Gasteiger partial charge in [0.25, 0.3) is 5.91 Å². The summed E-state index contributed by atoms with van der Waals surface area (Å²) in [6.07, 6.45) is 1.72. The number of para-hydroxylation sites is 1. The van der Waals surface area contributed by atoms with Gasteiger partial charge in [0.1, 0.15) is 0 Å². The average molecular weight is 277 g/mol. The van der Waals surface area contributed by atoms with Crippen molar-refractivity contribution in [3.05, 3.63) is 71.9 Å². The second kappa shape index (κ2) is 5.63. The summed E-state index contributed by atoms with van der Waals surface area (Å²) in [5.74, 6) is -0.128. The van der Waals surface area contributed by atoms with Gasteiger partial charge < -0.3 is 11.1 Å². The molecule has 4 nitrogen and oxygen atoms in total. The van der Waals surface area contributed by atoms with Crippen LogP contribution in [0, 0.1) is 0 Å². The summed E-state index contributed by atoms with van der Waals surface area (Å²) in [6.45, 7) is 0.405. The first kappa shape index (κ1) is 13.1. The smallest absolute Gasteiger partial charge is 0.252 e. The van der Waals surface area contributed by atoms with Crippen LogP contribution >= 0.6 is 0 Å². The fourth-order valence-corrected chi connectivity index (χ4v) is 2.27. The van der Waals surface area contributed by atoms with Crippen LogP contribution in [-0.2, 0) is 6.54 Å². The molecule has 3 aromatic rings. The quantitative estimate of drug-likeness (QED) is 0.723. The fourth-order valence-electron chi connectivity index (χ4n) is 2.27. The lowest BCUT2D eigenvalue weighted by Gasteiger charge is -2.09. The molecule has 104 valence electrons. The molecule has 1 heterocycles. The molecule has 0 aliphatic rings. The van der Waals surface area contributed by atoms with Crippen LogP contribution in [0.5, 0.6) is 0 Å². The molecule has 0 bridgehead atoms. The molecule has 3 rings (SSSR count). The third kappa shape index (κ3) is 2.69. The highest BCUT2D eigenvalue weighted by Gasteiger charge is 2.10. The van der Waals surface area contributed by atoms with Crippen molar-refractivity contribution in [1.82, 2.24) is 10.3 Å². The summed E-state index contributed by atoms with van der Waals surface area (Å²) in [5.41, 5.74) is 8.89. The molecular formula is C17H15N3O. The minimum Gasteiger partial charge on any atom is -0.398 e. The van der Waals surface area contributed by atoms with E-state index < -0.39 is 0 Å². The van der Waals surface area contributed by atoms with Crippen molar-refractivity contribution in [2.75, 3.05) is 5.73 Å². The first-order valence-corrected chi connectivity index (χ1v) is 6.71. The van der Waals surface area contributed by atoms with Crippen LogP contribution in [0.15, 0.2) is 60.8 Å². The summed E-state index contributed by atoms with van der Waals surface area (Å²) >= 11 is 0. The van der Waals surface area contributed by atoms with Gasteiger partial charge in [-0.25, -0.2) is 0 Å². The van der Waals surface area contributed by atoms with Gasteiger partial charge in [0.2, 0.25) is 0 Å². The average Bonchev–Trinajstić information content (AvgIpc) is 2.53. The van der Waals surface area contributed by atoms with Gasteiger partial charge >= 0.3 is 0 Å². The van der Waals surface area contributed by atoms with Crippen LogP contribution in [0.4, 0.5) is 5.69 Å². The van der Waals surface area contributed by atoms with E-state index in [2.05, 4.69) is 10.3 Å². The zero-order chi connectivity index (χ0) is 14.7. The lowest BCUT2D eigenvalue weighted by Crippen LogP contribution is -2.23. The van der Waals surface area contributed by atoms with E-state index in [4.69, 9.17) is 5.73 Å². The van der Waals surface area contributed by atoms with E-state index in [1.54, 1.807) is 12.3 Å². The lowest BCUT2D eigenvalue weighted by atomic mass is 10.1. The van der Waals surface area contributed by atoms with Gasteiger partial charge in [-0.05, 0) is 29.8 Å². The number of aromatic nitrogens is 1. The molecule has 0 unspecified atom stereocenters. The van der Waals surface area contributed by atoms with Gasteiger partial charge in [0, 0.05) is 29.4 Å². The Bertz CT molecular complexity index is 793. The van der Waals surface area contributed by atoms with Crippen LogP contribution in [0.25, 0.3) is 10.9 Å². The third-order valence-corrected chi connectivity index (χ3v) is 3.38. The number of carbonyl (C=O) groups is 1. The Kier molecular flexibility index (Phi) is 3.51. The molecule has 0 spiro atoms. The molecular weight excluding hydrogens is 262 g/mol. The van der Waals surface area contributed by atoms with E-state index in [0.29, 0.717) is 17.8 Å². The summed E-state index contributed by atoms with van der Waals surface area (Å²) < 4.78 is 0. The number of carbonyl (C=O) groups excluding carboxylic acids is 1. The van der Waals surface area contributed by atoms with E-state index in [9.17, 15) is 4.79 Å². The standard InChI is InChI=1S/C17H15N3O/c18-15-8-2-1-5-12(15)11-20-17(21)14-6-3-9-16-13(14)7-4-10-19-16/h1-10H,11,18H2,(H,20,21). The molecule has 0 aliphatic carbocycles. The Balaban J connectivity index is 1.83. The largest absolute Gasteiger partial charge is 0.398 e. The van der Waals surface area contributed by atoms with Crippen LogP contribution in [0.2, 0.25) is 0 Å². The maximum atomic E-state index is 12.4. The number of hydrogen-bond donors (Lipinski definition) is 2. The number of hydrogen-bond acceptors (Lipinski definition) is 3. The van der Waals surface area contributed by atoms with Crippen LogP contribution < -0.4 is 11.1 Å². The second-order valence-electron chi connectivity index (χ2n) is 4.76. The van der Waals surface area contributed by atoms with E-state index in [1.807, 2.05) is 48.5 Å². The van der Waals surface area contributed by atoms with Gasteiger partial charge in [0.05, 0.1) is 5.52 Å². The molecule has 0 aliphatic heterocycles. The highest BCUT2D eigenvalue weighted by atomic mass is 16.1. The number of anilines is 1. The van der Waals surface area contributed by atoms with Crippen LogP contribution in [-0.4, -0.2) is 10.9 Å². The Morgan fingerprint density at radius 1 is 1.05 bits per heavy atom. The van der Waals surface area contributed by atoms with Gasteiger partial charge in [-0.1, -0.05) is 30.3 Å². The Hall–Kier alpha value is -2.88. The van der Waals surface area contributed by atoms with Crippen molar-refractivity contribution in [3.8, 4) is 0 Å². The molecule has 0 saturated carbocycles. The van der Waals surface area contributed by atoms with Gasteiger partial charge in [-0.3, -0.25) is 9.78 Å². The molecule has 1 aromatic heterocycles. The number of rotatable bonds is 3. The molecule has 0 atom stereocenters. The van der Waals surface area contributed by atoms with Crippen molar-refractivity contribution in [3.63, 3.8) is 0 Å². The lowest BCUT2D eigenvalue weighted by molar-refractivity contribution is 0.0952. The molecule has 3 N–H and O–H groups in total. The monoisotopic (exact) mass is 277 g/mol. The SMILES string of the molecule is Nc1ccccc1CNC(=O)c1cccc2ncccc12. The number of nitrogens with two attached hydrogens (primary N) is 1. The Morgan fingerprint density at radius 3 is 2.76 bits per heavy atom. The first-order valence-electron chi connectivity index (χ1n) is 6.71. The number of benzene rings is 2. The van der Waals surface area contributed by atoms with Gasteiger partial charge in [-0.2, -0.15) is 0 Å². The summed E-state index contributed by atoms with van der Waals surface area (Å²) in [6, 6.07) is 16.7. The van der Waals surface area contributed by atoms with Gasteiger partial charge in [0.15, 0.2) is 0 Å². The molecule has 4 heteroatoms. The predicted octanol–water partition coefficient (Wildman–Crippen LogP) is 2.75. The van der Waals surface area contributed by atoms with E-state index in [0.717, 1.165) is 16.5 Å². The summed E-state index contributed by atoms with van der Waals surface area (Å²) in [5, 5.41) is 3.75. The zero-order valence-electron chi connectivity index (χ0n) is 11.4. The van der Waals surface area contributed by atoms with Crippen LogP contribution in [0.3, 0.4) is 0 Å². The molecule has 1 amide bonds. The first-order chi connectivity index (χ1) is 10.3. The maximum Gasteiger partial charge on any atom is 0.252 e. The van der Waals surface area contributed by atoms with Crippen molar-refractivity contribution in [1.29, 1.82) is 0 Å². The van der Waals surface area contributed by atoms with Gasteiger partial charge in [-0.15, -0.1) is 0 Å². The predicted molar refractivity (Wildman–Crippen MR) is 83.8 cm³/mol. The normalized spacial score (nSPS) is 10.5. The number of amides is 1. The highest BCUT2D eigenvalue weighted by Crippen LogP contribution is 2.17. The van der Waals surface area contributed by atoms with Crippen LogP contribution in [0.1, 0.15) is 15.9 Å². The van der Waals surface area contributed by atoms with E-state index in [1.165, 1.54) is 0 Å². The molecule has 0 saturated heterocycles.